The Balaban J connectivity index is 1.65. The van der Waals surface area contributed by atoms with Crippen molar-refractivity contribution in [3.63, 3.8) is 0 Å². The minimum atomic E-state index is 0.374. The molecule has 0 aliphatic heterocycles. The van der Waals surface area contributed by atoms with Gasteiger partial charge in [0.1, 0.15) is 6.10 Å². The van der Waals surface area contributed by atoms with Crippen LogP contribution >= 0.6 is 0 Å². The van der Waals surface area contributed by atoms with Crippen LogP contribution in [0.5, 0.6) is 5.75 Å². The van der Waals surface area contributed by atoms with E-state index in [2.05, 4.69) is 31.2 Å². The van der Waals surface area contributed by atoms with E-state index >= 15 is 0 Å². The second kappa shape index (κ2) is 5.99. The summed E-state index contributed by atoms with van der Waals surface area (Å²) in [5.41, 5.74) is 0.384. The molecule has 1 N–H and O–H groups in total. The average Bonchev–Trinajstić information content (AvgIpc) is 3.11. The lowest BCUT2D eigenvalue weighted by Crippen LogP contribution is -2.63. The molecule has 2 saturated carbocycles. The van der Waals surface area contributed by atoms with Crippen LogP contribution in [-0.4, -0.2) is 28.5 Å². The molecule has 0 bridgehead atoms. The average molecular weight is 291 g/mol. The summed E-state index contributed by atoms with van der Waals surface area (Å²) in [7, 11) is 0. The Morgan fingerprint density at radius 3 is 2.81 bits per heavy atom. The maximum absolute atomic E-state index is 6.31. The molecule has 2 aliphatic carbocycles. The topological polar surface area (TPSA) is 39.1 Å². The molecule has 0 radical (unpaired) electrons. The van der Waals surface area contributed by atoms with Crippen LogP contribution in [0.4, 0.5) is 0 Å². The molecule has 4 nitrogen and oxygen atoms in total. The third-order valence-corrected chi connectivity index (χ3v) is 5.35. The first-order chi connectivity index (χ1) is 10.2. The molecule has 118 valence electrons. The summed E-state index contributed by atoms with van der Waals surface area (Å²) < 4.78 is 8.28. The number of ether oxygens (including phenoxy) is 1. The fourth-order valence-corrected chi connectivity index (χ4v) is 4.05. The number of aromatic nitrogens is 2. The third kappa shape index (κ3) is 2.70. The summed E-state index contributed by atoms with van der Waals surface area (Å²) in [6.07, 6.45) is 12.0. The van der Waals surface area contributed by atoms with E-state index in [1.807, 2.05) is 17.1 Å². The minimum Gasteiger partial charge on any atom is -0.486 e. The molecule has 0 amide bonds. The maximum atomic E-state index is 6.31. The van der Waals surface area contributed by atoms with Gasteiger partial charge < -0.3 is 10.1 Å². The molecular weight excluding hydrogens is 262 g/mol. The van der Waals surface area contributed by atoms with Gasteiger partial charge in [0, 0.05) is 23.9 Å². The van der Waals surface area contributed by atoms with Crippen molar-refractivity contribution in [2.24, 2.45) is 5.41 Å². The van der Waals surface area contributed by atoms with Gasteiger partial charge in [0.2, 0.25) is 0 Å². The number of rotatable bonds is 6. The van der Waals surface area contributed by atoms with Crippen molar-refractivity contribution >= 4 is 0 Å². The standard InChI is InChI=1S/C17H29N3O/c1-4-9-18-15-10-16(17(15)7-5-6-8-17)21-14-11-19-20(12-14)13(2)3/h11-13,15-16,18H,4-10H2,1-3H3. The lowest BCUT2D eigenvalue weighted by atomic mass is 9.60. The van der Waals surface area contributed by atoms with Gasteiger partial charge in [-0.2, -0.15) is 5.10 Å². The minimum absolute atomic E-state index is 0.374. The monoisotopic (exact) mass is 291 g/mol. The molecule has 4 heteroatoms. The van der Waals surface area contributed by atoms with E-state index in [-0.39, 0.29) is 0 Å². The summed E-state index contributed by atoms with van der Waals surface area (Å²) >= 11 is 0. The Kier molecular flexibility index (Phi) is 4.25. The highest BCUT2D eigenvalue weighted by Gasteiger charge is 2.57. The molecule has 1 spiro atoms. The third-order valence-electron chi connectivity index (χ3n) is 5.35. The van der Waals surface area contributed by atoms with E-state index in [1.54, 1.807) is 0 Å². The maximum Gasteiger partial charge on any atom is 0.157 e. The van der Waals surface area contributed by atoms with Crippen LogP contribution in [0.2, 0.25) is 0 Å². The summed E-state index contributed by atoms with van der Waals surface area (Å²) in [4.78, 5) is 0. The fourth-order valence-electron chi connectivity index (χ4n) is 4.05. The van der Waals surface area contributed by atoms with Crippen molar-refractivity contribution in [3.8, 4) is 5.75 Å². The van der Waals surface area contributed by atoms with E-state index in [9.17, 15) is 0 Å². The van der Waals surface area contributed by atoms with E-state index in [0.29, 0.717) is 23.6 Å². The van der Waals surface area contributed by atoms with Gasteiger partial charge in [0.05, 0.1) is 12.4 Å². The zero-order valence-electron chi connectivity index (χ0n) is 13.6. The van der Waals surface area contributed by atoms with Gasteiger partial charge in [-0.15, -0.1) is 0 Å². The summed E-state index contributed by atoms with van der Waals surface area (Å²) in [5.74, 6) is 0.939. The van der Waals surface area contributed by atoms with Crippen molar-refractivity contribution in [2.45, 2.75) is 77.5 Å². The molecule has 21 heavy (non-hydrogen) atoms. The smallest absolute Gasteiger partial charge is 0.157 e. The lowest BCUT2D eigenvalue weighted by molar-refractivity contribution is -0.0760. The Morgan fingerprint density at radius 1 is 1.43 bits per heavy atom. The first kappa shape index (κ1) is 14.9. The Bertz CT molecular complexity index is 462. The summed E-state index contributed by atoms with van der Waals surface area (Å²) in [6.45, 7) is 7.65. The molecule has 0 aromatic carbocycles. The van der Waals surface area contributed by atoms with Gasteiger partial charge in [-0.05, 0) is 39.7 Å². The van der Waals surface area contributed by atoms with Gasteiger partial charge in [0.15, 0.2) is 5.75 Å². The van der Waals surface area contributed by atoms with Gasteiger partial charge in [0.25, 0.3) is 0 Å². The Morgan fingerprint density at radius 2 is 2.19 bits per heavy atom. The van der Waals surface area contributed by atoms with Crippen LogP contribution in [0.1, 0.15) is 65.3 Å². The van der Waals surface area contributed by atoms with Gasteiger partial charge in [-0.3, -0.25) is 4.68 Å². The number of hydrogen-bond acceptors (Lipinski definition) is 3. The van der Waals surface area contributed by atoms with Crippen molar-refractivity contribution in [3.05, 3.63) is 12.4 Å². The van der Waals surface area contributed by atoms with E-state index < -0.39 is 0 Å². The molecule has 2 unspecified atom stereocenters. The zero-order chi connectivity index (χ0) is 14.9. The summed E-state index contributed by atoms with van der Waals surface area (Å²) in [5, 5.41) is 8.13. The van der Waals surface area contributed by atoms with Crippen LogP contribution in [0.25, 0.3) is 0 Å². The number of nitrogens with one attached hydrogen (secondary N) is 1. The molecule has 1 aromatic heterocycles. The normalized spacial score (nSPS) is 27.2. The number of nitrogens with zero attached hydrogens (tertiary/aromatic N) is 2. The highest BCUT2D eigenvalue weighted by atomic mass is 16.5. The molecular formula is C17H29N3O. The van der Waals surface area contributed by atoms with Crippen molar-refractivity contribution in [2.75, 3.05) is 6.54 Å². The Labute approximate surface area is 128 Å². The van der Waals surface area contributed by atoms with Gasteiger partial charge >= 0.3 is 0 Å². The molecule has 2 atom stereocenters. The van der Waals surface area contributed by atoms with Crippen LogP contribution < -0.4 is 10.1 Å². The molecule has 2 fully saturated rings. The first-order valence-electron chi connectivity index (χ1n) is 8.60. The predicted molar refractivity (Wildman–Crippen MR) is 84.6 cm³/mol. The largest absolute Gasteiger partial charge is 0.486 e. The van der Waals surface area contributed by atoms with E-state index in [4.69, 9.17) is 4.74 Å². The van der Waals surface area contributed by atoms with Crippen LogP contribution in [0.3, 0.4) is 0 Å². The highest BCUT2D eigenvalue weighted by Crippen LogP contribution is 2.54. The van der Waals surface area contributed by atoms with Gasteiger partial charge in [-0.1, -0.05) is 19.8 Å². The molecule has 1 heterocycles. The summed E-state index contributed by atoms with van der Waals surface area (Å²) in [6, 6.07) is 1.05. The van der Waals surface area contributed by atoms with Crippen LogP contribution in [-0.2, 0) is 0 Å². The zero-order valence-corrected chi connectivity index (χ0v) is 13.6. The van der Waals surface area contributed by atoms with Crippen molar-refractivity contribution in [1.29, 1.82) is 0 Å². The first-order valence-corrected chi connectivity index (χ1v) is 8.60. The predicted octanol–water partition coefficient (Wildman–Crippen LogP) is 3.54. The van der Waals surface area contributed by atoms with Crippen LogP contribution in [0.15, 0.2) is 12.4 Å². The fraction of sp³-hybridized carbons (Fsp3) is 0.824. The molecule has 3 rings (SSSR count). The number of hydrogen-bond donors (Lipinski definition) is 1. The lowest BCUT2D eigenvalue weighted by Gasteiger charge is -2.54. The SMILES string of the molecule is CCCNC1CC(Oc2cnn(C(C)C)c2)C12CCCC2. The molecule has 0 saturated heterocycles. The molecule has 1 aromatic rings. The Hall–Kier alpha value is -1.03. The quantitative estimate of drug-likeness (QED) is 0.871. The van der Waals surface area contributed by atoms with E-state index in [0.717, 1.165) is 18.7 Å². The van der Waals surface area contributed by atoms with E-state index in [1.165, 1.54) is 32.1 Å². The highest BCUT2D eigenvalue weighted by molar-refractivity contribution is 5.18. The second-order valence-electron chi connectivity index (χ2n) is 7.04. The van der Waals surface area contributed by atoms with Crippen LogP contribution in [0, 0.1) is 5.41 Å². The second-order valence-corrected chi connectivity index (χ2v) is 7.04. The van der Waals surface area contributed by atoms with Gasteiger partial charge in [-0.25, -0.2) is 0 Å². The molecule has 2 aliphatic rings. The van der Waals surface area contributed by atoms with Crippen molar-refractivity contribution < 1.29 is 4.74 Å². The van der Waals surface area contributed by atoms with Crippen molar-refractivity contribution in [1.82, 2.24) is 15.1 Å².